The first-order valence-corrected chi connectivity index (χ1v) is 7.03. The van der Waals surface area contributed by atoms with E-state index in [9.17, 15) is 19.5 Å². The minimum Gasteiger partial charge on any atom is -0.479 e. The second kappa shape index (κ2) is 5.30. The lowest BCUT2D eigenvalue weighted by molar-refractivity contribution is -0.148. The Bertz CT molecular complexity index is 439. The number of nitrogens with one attached hydrogen (secondary N) is 1. The van der Waals surface area contributed by atoms with E-state index >= 15 is 0 Å². The van der Waals surface area contributed by atoms with E-state index in [2.05, 4.69) is 5.32 Å². The summed E-state index contributed by atoms with van der Waals surface area (Å²) in [5.41, 5.74) is -1.12. The van der Waals surface area contributed by atoms with Gasteiger partial charge in [0.2, 0.25) is 5.91 Å². The van der Waals surface area contributed by atoms with E-state index in [1.807, 2.05) is 0 Å². The highest BCUT2D eigenvalue weighted by Gasteiger charge is 2.50. The van der Waals surface area contributed by atoms with E-state index in [4.69, 9.17) is 0 Å². The number of aliphatic carboxylic acids is 1. The quantitative estimate of drug-likeness (QED) is 0.760. The lowest BCUT2D eigenvalue weighted by Crippen LogP contribution is -2.62. The third kappa shape index (κ3) is 2.10. The summed E-state index contributed by atoms with van der Waals surface area (Å²) in [5.74, 6) is -1.15. The molecule has 0 aromatic carbocycles. The van der Waals surface area contributed by atoms with E-state index in [0.29, 0.717) is 38.9 Å². The highest BCUT2D eigenvalue weighted by Crippen LogP contribution is 2.34. The second-order valence-corrected chi connectivity index (χ2v) is 5.39. The SMILES string of the molecule is CCC1(C(=O)O)CCCN1C(=O)N1CCNC(=O)C1C. The van der Waals surface area contributed by atoms with Crippen molar-refractivity contribution in [2.75, 3.05) is 19.6 Å². The van der Waals surface area contributed by atoms with E-state index in [0.717, 1.165) is 0 Å². The topological polar surface area (TPSA) is 89.9 Å². The number of rotatable bonds is 2. The standard InChI is InChI=1S/C13H21N3O4/c1-3-13(11(18)19)5-4-7-16(13)12(20)15-8-6-14-10(17)9(15)2/h9H,3-8H2,1-2H3,(H,14,17)(H,18,19). The van der Waals surface area contributed by atoms with Crippen LogP contribution >= 0.6 is 0 Å². The first-order chi connectivity index (χ1) is 9.44. The molecule has 2 unspecified atom stereocenters. The first-order valence-electron chi connectivity index (χ1n) is 7.03. The van der Waals surface area contributed by atoms with Crippen molar-refractivity contribution in [2.45, 2.75) is 44.7 Å². The number of likely N-dealkylation sites (tertiary alicyclic amines) is 1. The van der Waals surface area contributed by atoms with Crippen LogP contribution in [-0.2, 0) is 9.59 Å². The summed E-state index contributed by atoms with van der Waals surface area (Å²) in [6, 6.07) is -0.894. The number of amides is 3. The monoisotopic (exact) mass is 283 g/mol. The summed E-state index contributed by atoms with van der Waals surface area (Å²) in [4.78, 5) is 38.8. The summed E-state index contributed by atoms with van der Waals surface area (Å²) < 4.78 is 0. The van der Waals surface area contributed by atoms with E-state index in [1.54, 1.807) is 13.8 Å². The molecule has 2 saturated heterocycles. The van der Waals surface area contributed by atoms with Crippen molar-refractivity contribution in [3.63, 3.8) is 0 Å². The Hall–Kier alpha value is -1.79. The summed E-state index contributed by atoms with van der Waals surface area (Å²) in [5, 5.41) is 12.2. The van der Waals surface area contributed by atoms with Crippen molar-refractivity contribution in [1.82, 2.24) is 15.1 Å². The Morgan fingerprint density at radius 1 is 1.45 bits per heavy atom. The molecule has 3 amide bonds. The number of carbonyl (C=O) groups excluding carboxylic acids is 2. The molecule has 0 spiro atoms. The Labute approximate surface area is 117 Å². The van der Waals surface area contributed by atoms with Crippen LogP contribution in [0.2, 0.25) is 0 Å². The Morgan fingerprint density at radius 3 is 2.75 bits per heavy atom. The number of piperazine rings is 1. The van der Waals surface area contributed by atoms with Gasteiger partial charge < -0.3 is 20.2 Å². The highest BCUT2D eigenvalue weighted by atomic mass is 16.4. The molecule has 0 bridgehead atoms. The van der Waals surface area contributed by atoms with Crippen LogP contribution in [0, 0.1) is 0 Å². The predicted molar refractivity (Wildman–Crippen MR) is 71.2 cm³/mol. The van der Waals surface area contributed by atoms with Crippen LogP contribution in [0.15, 0.2) is 0 Å². The normalized spacial score (nSPS) is 30.3. The van der Waals surface area contributed by atoms with Gasteiger partial charge in [-0.05, 0) is 26.2 Å². The van der Waals surface area contributed by atoms with Crippen LogP contribution < -0.4 is 5.32 Å². The third-order valence-electron chi connectivity index (χ3n) is 4.45. The van der Waals surface area contributed by atoms with Crippen molar-refractivity contribution in [1.29, 1.82) is 0 Å². The molecule has 2 fully saturated rings. The van der Waals surface area contributed by atoms with Gasteiger partial charge in [-0.15, -0.1) is 0 Å². The average molecular weight is 283 g/mol. The molecule has 0 aromatic rings. The summed E-state index contributed by atoms with van der Waals surface area (Å²) in [6.45, 7) is 4.71. The number of nitrogens with zero attached hydrogens (tertiary/aromatic N) is 2. The van der Waals surface area contributed by atoms with Gasteiger partial charge in [0.1, 0.15) is 11.6 Å². The maximum atomic E-state index is 12.6. The number of hydrogen-bond donors (Lipinski definition) is 2. The number of hydrogen-bond acceptors (Lipinski definition) is 3. The molecule has 0 saturated carbocycles. The van der Waals surface area contributed by atoms with Crippen molar-refractivity contribution in [3.8, 4) is 0 Å². The largest absolute Gasteiger partial charge is 0.479 e. The lowest BCUT2D eigenvalue weighted by Gasteiger charge is -2.40. The summed E-state index contributed by atoms with van der Waals surface area (Å²) in [7, 11) is 0. The van der Waals surface area contributed by atoms with Crippen LogP contribution in [0.3, 0.4) is 0 Å². The van der Waals surface area contributed by atoms with Crippen LogP contribution in [0.4, 0.5) is 4.79 Å². The molecule has 0 aliphatic carbocycles. The zero-order valence-corrected chi connectivity index (χ0v) is 11.9. The Kier molecular flexibility index (Phi) is 3.87. The minimum absolute atomic E-state index is 0.193. The zero-order chi connectivity index (χ0) is 14.9. The van der Waals surface area contributed by atoms with Gasteiger partial charge in [0.25, 0.3) is 0 Å². The zero-order valence-electron chi connectivity index (χ0n) is 11.9. The van der Waals surface area contributed by atoms with Gasteiger partial charge in [-0.2, -0.15) is 0 Å². The molecule has 2 N–H and O–H groups in total. The molecular formula is C13H21N3O4. The van der Waals surface area contributed by atoms with E-state index in [1.165, 1.54) is 9.80 Å². The molecule has 7 nitrogen and oxygen atoms in total. The first kappa shape index (κ1) is 14.6. The molecular weight excluding hydrogens is 262 g/mol. The minimum atomic E-state index is -1.12. The maximum Gasteiger partial charge on any atom is 0.329 e. The van der Waals surface area contributed by atoms with Gasteiger partial charge in [-0.25, -0.2) is 9.59 Å². The molecule has 2 heterocycles. The van der Waals surface area contributed by atoms with Gasteiger partial charge >= 0.3 is 12.0 Å². The van der Waals surface area contributed by atoms with Crippen molar-refractivity contribution >= 4 is 17.9 Å². The highest BCUT2D eigenvalue weighted by molar-refractivity contribution is 5.91. The van der Waals surface area contributed by atoms with Gasteiger partial charge in [-0.3, -0.25) is 4.79 Å². The molecule has 0 aromatic heterocycles. The molecule has 7 heteroatoms. The van der Waals surface area contributed by atoms with E-state index in [-0.39, 0.29) is 11.9 Å². The van der Waals surface area contributed by atoms with Gasteiger partial charge in [-0.1, -0.05) is 6.92 Å². The van der Waals surface area contributed by atoms with Gasteiger partial charge in [0.15, 0.2) is 0 Å². The van der Waals surface area contributed by atoms with Crippen molar-refractivity contribution in [2.24, 2.45) is 0 Å². The van der Waals surface area contributed by atoms with Gasteiger partial charge in [0, 0.05) is 19.6 Å². The number of carboxylic acids is 1. The lowest BCUT2D eigenvalue weighted by atomic mass is 9.93. The smallest absolute Gasteiger partial charge is 0.329 e. The molecule has 2 aliphatic rings. The Balaban J connectivity index is 2.23. The fourth-order valence-electron chi connectivity index (χ4n) is 3.10. The Morgan fingerprint density at radius 2 is 2.15 bits per heavy atom. The van der Waals surface area contributed by atoms with Crippen LogP contribution in [0.5, 0.6) is 0 Å². The number of carbonyl (C=O) groups is 3. The van der Waals surface area contributed by atoms with Crippen LogP contribution in [0.25, 0.3) is 0 Å². The molecule has 20 heavy (non-hydrogen) atoms. The number of carboxylic acid groups (broad SMARTS) is 1. The summed E-state index contributed by atoms with van der Waals surface area (Å²) in [6.07, 6.45) is 1.53. The number of urea groups is 1. The molecule has 0 radical (unpaired) electrons. The third-order valence-corrected chi connectivity index (χ3v) is 4.45. The van der Waals surface area contributed by atoms with Gasteiger partial charge in [0.05, 0.1) is 0 Å². The maximum absolute atomic E-state index is 12.6. The second-order valence-electron chi connectivity index (χ2n) is 5.39. The molecule has 2 atom stereocenters. The predicted octanol–water partition coefficient (Wildman–Crippen LogP) is 0.256. The fraction of sp³-hybridized carbons (Fsp3) is 0.769. The molecule has 2 aliphatic heterocycles. The molecule has 112 valence electrons. The molecule has 2 rings (SSSR count). The van der Waals surface area contributed by atoms with Crippen molar-refractivity contribution < 1.29 is 19.5 Å². The van der Waals surface area contributed by atoms with E-state index < -0.39 is 17.6 Å². The average Bonchev–Trinajstić information content (AvgIpc) is 2.86. The van der Waals surface area contributed by atoms with Crippen LogP contribution in [0.1, 0.15) is 33.1 Å². The van der Waals surface area contributed by atoms with Crippen LogP contribution in [-0.4, -0.2) is 64.0 Å². The van der Waals surface area contributed by atoms with Crippen molar-refractivity contribution in [3.05, 3.63) is 0 Å². The fourth-order valence-corrected chi connectivity index (χ4v) is 3.10. The summed E-state index contributed by atoms with van der Waals surface area (Å²) >= 11 is 0.